The van der Waals surface area contributed by atoms with Crippen LogP contribution < -0.4 is 5.32 Å². The molecule has 1 aliphatic carbocycles. The fourth-order valence-corrected chi connectivity index (χ4v) is 3.08. The number of nitrogens with zero attached hydrogens (tertiary/aromatic N) is 1. The molecule has 0 bridgehead atoms. The van der Waals surface area contributed by atoms with Crippen molar-refractivity contribution in [2.45, 2.75) is 12.8 Å². The van der Waals surface area contributed by atoms with Crippen LogP contribution in [0.3, 0.4) is 0 Å². The van der Waals surface area contributed by atoms with Gasteiger partial charge in [0.05, 0.1) is 11.8 Å². The molecule has 1 aromatic rings. The maximum absolute atomic E-state index is 12.8. The van der Waals surface area contributed by atoms with E-state index in [1.165, 1.54) is 24.3 Å². The molecule has 1 N–H and O–H groups in total. The molecule has 1 aliphatic heterocycles. The van der Waals surface area contributed by atoms with E-state index in [4.69, 9.17) is 4.74 Å². The number of imide groups is 1. The van der Waals surface area contributed by atoms with Gasteiger partial charge in [0.2, 0.25) is 11.8 Å². The van der Waals surface area contributed by atoms with E-state index in [2.05, 4.69) is 5.32 Å². The number of rotatable bonds is 5. The minimum absolute atomic E-state index is 0.355. The average molecular weight is 360 g/mol. The van der Waals surface area contributed by atoms with Crippen LogP contribution in [-0.2, 0) is 23.9 Å². The summed E-state index contributed by atoms with van der Waals surface area (Å²) in [5, 5.41) is 2.44. The fourth-order valence-electron chi connectivity index (χ4n) is 3.08. The van der Waals surface area contributed by atoms with Crippen molar-refractivity contribution < 1.29 is 28.3 Å². The van der Waals surface area contributed by atoms with Gasteiger partial charge in [0.25, 0.3) is 5.91 Å². The molecular weight excluding hydrogens is 343 g/mol. The molecule has 0 unspecified atom stereocenters. The Kier molecular flexibility index (Phi) is 5.11. The molecule has 1 aromatic carbocycles. The van der Waals surface area contributed by atoms with E-state index in [0.29, 0.717) is 18.5 Å². The van der Waals surface area contributed by atoms with Gasteiger partial charge in [-0.1, -0.05) is 12.2 Å². The van der Waals surface area contributed by atoms with Crippen molar-refractivity contribution in [3.05, 3.63) is 42.2 Å². The molecule has 136 valence electrons. The van der Waals surface area contributed by atoms with Crippen molar-refractivity contribution in [3.8, 4) is 0 Å². The summed E-state index contributed by atoms with van der Waals surface area (Å²) in [6, 6.07) is 5.10. The topological polar surface area (TPSA) is 92.8 Å². The van der Waals surface area contributed by atoms with E-state index < -0.39 is 42.7 Å². The van der Waals surface area contributed by atoms with Crippen molar-refractivity contribution in [1.82, 2.24) is 4.90 Å². The third-order valence-electron chi connectivity index (χ3n) is 4.38. The van der Waals surface area contributed by atoms with Crippen LogP contribution in [0.1, 0.15) is 12.8 Å². The largest absolute Gasteiger partial charge is 0.454 e. The molecule has 0 saturated carbocycles. The minimum atomic E-state index is -0.840. The Morgan fingerprint density at radius 3 is 2.23 bits per heavy atom. The zero-order chi connectivity index (χ0) is 18.7. The number of esters is 1. The van der Waals surface area contributed by atoms with E-state index in [0.717, 1.165) is 4.90 Å². The molecule has 8 heteroatoms. The number of fused-ring (bicyclic) bond motifs is 1. The van der Waals surface area contributed by atoms with E-state index in [1.807, 2.05) is 12.2 Å². The average Bonchev–Trinajstić information content (AvgIpc) is 2.87. The van der Waals surface area contributed by atoms with E-state index in [1.54, 1.807) is 0 Å². The SMILES string of the molecule is O=C(COC(=O)CN1C(=O)[C@@H]2CC=CC[C@H]2C1=O)Nc1ccc(F)cc1. The Labute approximate surface area is 148 Å². The lowest BCUT2D eigenvalue weighted by Crippen LogP contribution is -2.37. The van der Waals surface area contributed by atoms with Crippen molar-refractivity contribution in [1.29, 1.82) is 0 Å². The van der Waals surface area contributed by atoms with Crippen LogP contribution >= 0.6 is 0 Å². The maximum atomic E-state index is 12.8. The normalized spacial score (nSPS) is 21.5. The summed E-state index contributed by atoms with van der Waals surface area (Å²) in [5.74, 6) is -3.47. The first-order valence-corrected chi connectivity index (χ1v) is 8.17. The number of likely N-dealkylation sites (tertiary alicyclic amines) is 1. The summed E-state index contributed by atoms with van der Waals surface area (Å²) in [5.41, 5.74) is 0.355. The van der Waals surface area contributed by atoms with Gasteiger partial charge in [0.1, 0.15) is 12.4 Å². The smallest absolute Gasteiger partial charge is 0.326 e. The lowest BCUT2D eigenvalue weighted by molar-refractivity contribution is -0.154. The standard InChI is InChI=1S/C18H17FN2O5/c19-11-5-7-12(8-6-11)20-15(22)10-26-16(23)9-21-17(24)13-3-1-2-4-14(13)18(21)25/h1-2,5-8,13-14H,3-4,9-10H2,(H,20,22)/t13-,14-/m1/s1. The lowest BCUT2D eigenvalue weighted by atomic mass is 9.85. The number of benzene rings is 1. The van der Waals surface area contributed by atoms with Gasteiger partial charge >= 0.3 is 5.97 Å². The van der Waals surface area contributed by atoms with Crippen LogP contribution in [0.15, 0.2) is 36.4 Å². The molecular formula is C18H17FN2O5. The Morgan fingerprint density at radius 2 is 1.65 bits per heavy atom. The van der Waals surface area contributed by atoms with Gasteiger partial charge in [-0.25, -0.2) is 4.39 Å². The van der Waals surface area contributed by atoms with Crippen LogP contribution in [0.2, 0.25) is 0 Å². The van der Waals surface area contributed by atoms with Gasteiger partial charge < -0.3 is 10.1 Å². The molecule has 0 spiro atoms. The number of amides is 3. The van der Waals surface area contributed by atoms with E-state index in [9.17, 15) is 23.6 Å². The van der Waals surface area contributed by atoms with Gasteiger partial charge in [0.15, 0.2) is 6.61 Å². The number of ether oxygens (including phenoxy) is 1. The second-order valence-corrected chi connectivity index (χ2v) is 6.13. The molecule has 1 saturated heterocycles. The van der Waals surface area contributed by atoms with Gasteiger partial charge in [-0.05, 0) is 37.1 Å². The van der Waals surface area contributed by atoms with Crippen LogP contribution in [-0.4, -0.2) is 41.7 Å². The van der Waals surface area contributed by atoms with Gasteiger partial charge in [-0.15, -0.1) is 0 Å². The third kappa shape index (κ3) is 3.79. The highest BCUT2D eigenvalue weighted by molar-refractivity contribution is 6.07. The number of halogens is 1. The predicted molar refractivity (Wildman–Crippen MR) is 88.1 cm³/mol. The fraction of sp³-hybridized carbons (Fsp3) is 0.333. The summed E-state index contributed by atoms with van der Waals surface area (Å²) >= 11 is 0. The predicted octanol–water partition coefficient (Wildman–Crippen LogP) is 1.26. The van der Waals surface area contributed by atoms with Crippen LogP contribution in [0.5, 0.6) is 0 Å². The second kappa shape index (κ2) is 7.47. The number of carbonyl (C=O) groups excluding carboxylic acids is 4. The van der Waals surface area contributed by atoms with Gasteiger partial charge in [0, 0.05) is 5.69 Å². The molecule has 0 radical (unpaired) electrons. The molecule has 3 amide bonds. The lowest BCUT2D eigenvalue weighted by Gasteiger charge is -2.14. The molecule has 3 rings (SSSR count). The molecule has 1 heterocycles. The number of hydrogen-bond acceptors (Lipinski definition) is 5. The number of nitrogens with one attached hydrogen (secondary N) is 1. The number of anilines is 1. The second-order valence-electron chi connectivity index (χ2n) is 6.13. The number of allylic oxidation sites excluding steroid dienone is 2. The van der Waals surface area contributed by atoms with Crippen LogP contribution in [0.25, 0.3) is 0 Å². The first kappa shape index (κ1) is 17.8. The molecule has 2 atom stereocenters. The zero-order valence-electron chi connectivity index (χ0n) is 13.8. The summed E-state index contributed by atoms with van der Waals surface area (Å²) in [7, 11) is 0. The zero-order valence-corrected chi connectivity index (χ0v) is 13.8. The Bertz CT molecular complexity index is 748. The van der Waals surface area contributed by atoms with Crippen molar-refractivity contribution in [3.63, 3.8) is 0 Å². The summed E-state index contributed by atoms with van der Waals surface area (Å²) in [4.78, 5) is 49.0. The minimum Gasteiger partial charge on any atom is -0.454 e. The highest BCUT2D eigenvalue weighted by Crippen LogP contribution is 2.34. The molecule has 2 aliphatic rings. The molecule has 1 fully saturated rings. The Balaban J connectivity index is 1.48. The highest BCUT2D eigenvalue weighted by atomic mass is 19.1. The van der Waals surface area contributed by atoms with Crippen LogP contribution in [0.4, 0.5) is 10.1 Å². The van der Waals surface area contributed by atoms with Gasteiger partial charge in [-0.3, -0.25) is 24.1 Å². The van der Waals surface area contributed by atoms with Crippen LogP contribution in [0, 0.1) is 17.7 Å². The number of hydrogen-bond donors (Lipinski definition) is 1. The summed E-state index contributed by atoms with van der Waals surface area (Å²) in [6.07, 6.45) is 4.68. The number of carbonyl (C=O) groups is 4. The summed E-state index contributed by atoms with van der Waals surface area (Å²) in [6.45, 7) is -1.07. The van der Waals surface area contributed by atoms with Crippen molar-refractivity contribution >= 4 is 29.4 Å². The maximum Gasteiger partial charge on any atom is 0.326 e. The molecule has 26 heavy (non-hydrogen) atoms. The Hall–Kier alpha value is -3.03. The first-order chi connectivity index (χ1) is 12.5. The van der Waals surface area contributed by atoms with Gasteiger partial charge in [-0.2, -0.15) is 0 Å². The van der Waals surface area contributed by atoms with Crippen molar-refractivity contribution in [2.24, 2.45) is 11.8 Å². The summed E-state index contributed by atoms with van der Waals surface area (Å²) < 4.78 is 17.6. The van der Waals surface area contributed by atoms with E-state index >= 15 is 0 Å². The third-order valence-corrected chi connectivity index (χ3v) is 4.38. The molecule has 0 aromatic heterocycles. The van der Waals surface area contributed by atoms with E-state index in [-0.39, 0.29) is 11.8 Å². The highest BCUT2D eigenvalue weighted by Gasteiger charge is 2.47. The van der Waals surface area contributed by atoms with Crippen molar-refractivity contribution in [2.75, 3.05) is 18.5 Å². The molecule has 7 nitrogen and oxygen atoms in total. The monoisotopic (exact) mass is 360 g/mol. The quantitative estimate of drug-likeness (QED) is 0.485. The Morgan fingerprint density at radius 1 is 1.08 bits per heavy atom. The first-order valence-electron chi connectivity index (χ1n) is 8.17.